The number of carbonyl (C=O) groups excluding carboxylic acids is 2. The summed E-state index contributed by atoms with van der Waals surface area (Å²) in [7, 11) is 0. The van der Waals surface area contributed by atoms with Crippen LogP contribution in [-0.2, 0) is 22.3 Å². The number of amides is 2. The minimum Gasteiger partial charge on any atom is -0.494 e. The van der Waals surface area contributed by atoms with E-state index in [0.29, 0.717) is 49.5 Å². The van der Waals surface area contributed by atoms with E-state index in [4.69, 9.17) is 47.3 Å². The van der Waals surface area contributed by atoms with E-state index in [0.717, 1.165) is 114 Å². The molecule has 2 unspecified atom stereocenters. The van der Waals surface area contributed by atoms with Crippen LogP contribution < -0.4 is 14.8 Å². The average Bonchev–Trinajstić information content (AvgIpc) is 4.16. The van der Waals surface area contributed by atoms with Gasteiger partial charge in [0, 0.05) is 62.9 Å². The van der Waals surface area contributed by atoms with Crippen LogP contribution in [0.2, 0.25) is 10.0 Å². The first-order valence-corrected chi connectivity index (χ1v) is 27.5. The molecule has 6 aromatic rings. The molecule has 4 N–H and O–H groups in total. The molecule has 1 fully saturated rings. The van der Waals surface area contributed by atoms with E-state index in [2.05, 4.69) is 32.3 Å². The zero-order valence-corrected chi connectivity index (χ0v) is 44.2. The molecule has 5 heterocycles. The number of unbranched alkanes of at least 4 members (excludes halogenated alkanes) is 6. The number of nitrogens with zero attached hydrogens (tertiary/aromatic N) is 3. The van der Waals surface area contributed by atoms with Crippen LogP contribution in [0.15, 0.2) is 84.9 Å². The first kappa shape index (κ1) is 53.8. The smallest absolute Gasteiger partial charge is 0.410 e. The van der Waals surface area contributed by atoms with Crippen LogP contribution in [0.5, 0.6) is 11.5 Å². The van der Waals surface area contributed by atoms with Gasteiger partial charge in [-0.1, -0.05) is 73.2 Å². The Morgan fingerprint density at radius 3 is 1.53 bits per heavy atom. The maximum absolute atomic E-state index is 12.9. The summed E-state index contributed by atoms with van der Waals surface area (Å²) in [4.78, 5) is 39.1. The van der Waals surface area contributed by atoms with Gasteiger partial charge in [0.2, 0.25) is 0 Å². The predicted octanol–water partition coefficient (Wildman–Crippen LogP) is 12.4. The summed E-state index contributed by atoms with van der Waals surface area (Å²) >= 11 is 12.6. The summed E-state index contributed by atoms with van der Waals surface area (Å²) in [6.45, 7) is 12.5. The number of ether oxygens (including phenoxy) is 4. The molecule has 0 spiro atoms. The fourth-order valence-corrected chi connectivity index (χ4v) is 10.9. The maximum atomic E-state index is 12.9. The average molecular weight is 1040 g/mol. The van der Waals surface area contributed by atoms with Crippen LogP contribution in [0, 0.1) is 0 Å². The summed E-state index contributed by atoms with van der Waals surface area (Å²) in [5.41, 5.74) is 8.53. The van der Waals surface area contributed by atoms with Gasteiger partial charge in [-0.25, -0.2) is 9.59 Å². The molecule has 3 aliphatic heterocycles. The monoisotopic (exact) mass is 1040 g/mol. The molecule has 0 aliphatic carbocycles. The number of aliphatic hydroxyl groups is 1. The van der Waals surface area contributed by atoms with Crippen LogP contribution in [-0.4, -0.2) is 121 Å². The van der Waals surface area contributed by atoms with E-state index in [1.54, 1.807) is 4.90 Å². The minimum absolute atomic E-state index is 0.187. The van der Waals surface area contributed by atoms with E-state index < -0.39 is 0 Å². The Labute approximate surface area is 440 Å². The summed E-state index contributed by atoms with van der Waals surface area (Å²) in [6.07, 6.45) is 12.8. The highest BCUT2D eigenvalue weighted by Crippen LogP contribution is 2.41. The van der Waals surface area contributed by atoms with E-state index in [9.17, 15) is 9.59 Å². The lowest BCUT2D eigenvalue weighted by Crippen LogP contribution is -2.40. The molecule has 15 heteroatoms. The van der Waals surface area contributed by atoms with Gasteiger partial charge in [0.25, 0.3) is 0 Å². The fourth-order valence-electron chi connectivity index (χ4n) is 10.6. The standard InChI is InChI=1S/C30H38ClN3O3.C28H36ClN3O4/c1-2-36-30(35)34-19-15-25-26-21-23(31)11-14-27(26)32-28(25)29(34)22-9-12-24(13-10-22)37-20-8-4-3-5-16-33-17-6-7-18-33;1-2-35-28(34)32-16-13-23-24-19-21(29)9-12-25(24)31-26(23)27(32)20-7-10-22(11-8-20)36-18-6-4-3-5-14-30-15-17-33/h9-14,21,29,32H,2-8,15-20H2,1H3;7-12,19,27,30-31,33H,2-6,13-18H2,1H3. The molecular weight excluding hydrogens is 964 g/mol. The third-order valence-electron chi connectivity index (χ3n) is 14.2. The molecule has 4 aromatic carbocycles. The zero-order valence-electron chi connectivity index (χ0n) is 42.7. The summed E-state index contributed by atoms with van der Waals surface area (Å²) in [5, 5.41) is 15.6. The highest BCUT2D eigenvalue weighted by molar-refractivity contribution is 6.31. The minimum atomic E-state index is -0.309. The number of fused-ring (bicyclic) bond motifs is 6. The van der Waals surface area contributed by atoms with Crippen molar-refractivity contribution in [3.05, 3.63) is 129 Å². The second kappa shape index (κ2) is 27.2. The number of likely N-dealkylation sites (tertiary alicyclic amines) is 1. The van der Waals surface area contributed by atoms with Crippen LogP contribution >= 0.6 is 23.2 Å². The van der Waals surface area contributed by atoms with E-state index in [1.807, 2.05) is 91.5 Å². The van der Waals surface area contributed by atoms with Crippen LogP contribution in [0.3, 0.4) is 0 Å². The van der Waals surface area contributed by atoms with Crippen molar-refractivity contribution in [1.82, 2.24) is 30.0 Å². The van der Waals surface area contributed by atoms with E-state index in [-0.39, 0.29) is 30.9 Å². The van der Waals surface area contributed by atoms with Gasteiger partial charge in [0.1, 0.15) is 23.6 Å². The number of aliphatic hydroxyl groups excluding tert-OH is 1. The molecule has 2 atom stereocenters. The van der Waals surface area contributed by atoms with Gasteiger partial charge >= 0.3 is 12.2 Å². The SMILES string of the molecule is CCOC(=O)N1CCc2c([nH]c3ccc(Cl)cc23)C1c1ccc(OCCCCCCN2CCCC2)cc1.CCOC(=O)N1CCc2c([nH]c3ccc(Cl)cc23)C1c1ccc(OCCCCCCNCCO)cc1. The van der Waals surface area contributed by atoms with Crippen molar-refractivity contribution in [1.29, 1.82) is 0 Å². The lowest BCUT2D eigenvalue weighted by Gasteiger charge is -2.35. The normalized spacial score (nSPS) is 16.5. The van der Waals surface area contributed by atoms with Gasteiger partial charge < -0.3 is 44.2 Å². The quantitative estimate of drug-likeness (QED) is 0.0488. The molecule has 13 nitrogen and oxygen atoms in total. The molecule has 0 radical (unpaired) electrons. The number of aromatic nitrogens is 2. The first-order valence-electron chi connectivity index (χ1n) is 26.7. The highest BCUT2D eigenvalue weighted by atomic mass is 35.5. The van der Waals surface area contributed by atoms with Crippen LogP contribution in [0.1, 0.15) is 124 Å². The Morgan fingerprint density at radius 1 is 0.603 bits per heavy atom. The van der Waals surface area contributed by atoms with Gasteiger partial charge in [0.05, 0.1) is 33.0 Å². The number of aromatic amines is 2. The number of halogens is 2. The molecule has 0 saturated carbocycles. The number of H-pyrrole nitrogens is 2. The molecule has 2 aromatic heterocycles. The van der Waals surface area contributed by atoms with E-state index >= 15 is 0 Å². The van der Waals surface area contributed by atoms with Crippen molar-refractivity contribution in [3.8, 4) is 11.5 Å². The Bertz CT molecular complexity index is 2690. The molecule has 0 bridgehead atoms. The second-order valence-electron chi connectivity index (χ2n) is 19.2. The lowest BCUT2D eigenvalue weighted by molar-refractivity contribution is 0.0924. The van der Waals surface area contributed by atoms with Crippen LogP contribution in [0.4, 0.5) is 9.59 Å². The van der Waals surface area contributed by atoms with Gasteiger partial charge in [-0.15, -0.1) is 0 Å². The largest absolute Gasteiger partial charge is 0.494 e. The number of hydrogen-bond donors (Lipinski definition) is 4. The molecular formula is C58H74Cl2N6O7. The number of nitrogens with one attached hydrogen (secondary N) is 3. The molecule has 73 heavy (non-hydrogen) atoms. The predicted molar refractivity (Wildman–Crippen MR) is 292 cm³/mol. The van der Waals surface area contributed by atoms with Gasteiger partial charge in [-0.2, -0.15) is 0 Å². The number of hydrogen-bond acceptors (Lipinski definition) is 9. The summed E-state index contributed by atoms with van der Waals surface area (Å²) in [5.74, 6) is 1.69. The molecule has 3 aliphatic rings. The summed E-state index contributed by atoms with van der Waals surface area (Å²) in [6, 6.07) is 27.4. The maximum Gasteiger partial charge on any atom is 0.410 e. The lowest BCUT2D eigenvalue weighted by atomic mass is 9.92. The van der Waals surface area contributed by atoms with Gasteiger partial charge in [0.15, 0.2) is 0 Å². The van der Waals surface area contributed by atoms with Crippen molar-refractivity contribution < 1.29 is 33.6 Å². The Morgan fingerprint density at radius 2 is 1.07 bits per heavy atom. The van der Waals surface area contributed by atoms with Crippen molar-refractivity contribution in [2.24, 2.45) is 0 Å². The Hall–Kier alpha value is -5.44. The van der Waals surface area contributed by atoms with E-state index in [1.165, 1.54) is 62.9 Å². The number of carbonyl (C=O) groups is 2. The molecule has 1 saturated heterocycles. The van der Waals surface area contributed by atoms with Crippen LogP contribution in [0.25, 0.3) is 21.8 Å². The third-order valence-corrected chi connectivity index (χ3v) is 14.7. The molecule has 9 rings (SSSR count). The molecule has 392 valence electrons. The Kier molecular flexibility index (Phi) is 20.1. The van der Waals surface area contributed by atoms with Crippen molar-refractivity contribution in [2.45, 2.75) is 103 Å². The first-order chi connectivity index (χ1) is 35.8. The van der Waals surface area contributed by atoms with Crippen molar-refractivity contribution >= 4 is 57.2 Å². The van der Waals surface area contributed by atoms with Gasteiger partial charge in [-0.05, 0) is 174 Å². The summed E-state index contributed by atoms with van der Waals surface area (Å²) < 4.78 is 22.8. The van der Waals surface area contributed by atoms with Crippen molar-refractivity contribution in [2.75, 3.05) is 78.8 Å². The molecule has 2 amide bonds. The zero-order chi connectivity index (χ0) is 50.9. The van der Waals surface area contributed by atoms with Crippen molar-refractivity contribution in [3.63, 3.8) is 0 Å². The highest BCUT2D eigenvalue weighted by Gasteiger charge is 2.37. The number of benzene rings is 4. The fraction of sp³-hybridized carbons (Fsp3) is 0.483. The second-order valence-corrected chi connectivity index (χ2v) is 20.1. The number of rotatable bonds is 22. The topological polar surface area (TPSA) is 145 Å². The Balaban J connectivity index is 0.000000195. The van der Waals surface area contributed by atoms with Gasteiger partial charge in [-0.3, -0.25) is 9.80 Å². The third kappa shape index (κ3) is 14.0.